The van der Waals surface area contributed by atoms with E-state index in [-0.39, 0.29) is 41.6 Å². The van der Waals surface area contributed by atoms with E-state index >= 15 is 0 Å². The zero-order chi connectivity index (χ0) is 20.1. The van der Waals surface area contributed by atoms with Crippen LogP contribution in [0.3, 0.4) is 0 Å². The first kappa shape index (κ1) is 17.5. The van der Waals surface area contributed by atoms with E-state index in [1.165, 1.54) is 23.1 Å². The molecule has 0 saturated carbocycles. The lowest BCUT2D eigenvalue weighted by Gasteiger charge is -2.17. The highest BCUT2D eigenvalue weighted by atomic mass is 16.6. The van der Waals surface area contributed by atoms with Gasteiger partial charge in [0.05, 0.1) is 34.8 Å². The maximum absolute atomic E-state index is 12.8. The predicted molar refractivity (Wildman–Crippen MR) is 100 cm³/mol. The summed E-state index contributed by atoms with van der Waals surface area (Å²) in [4.78, 5) is 41.4. The van der Waals surface area contributed by atoms with Gasteiger partial charge in [-0.1, -0.05) is 0 Å². The maximum atomic E-state index is 12.8. The SMILES string of the molecule is O=C1c2ccc(-c3nc4ccc([N+](=O)[O-])cc4o3)cc2C(=O)N1C[C@@H]1CCCO1. The van der Waals surface area contributed by atoms with Crippen LogP contribution in [0.4, 0.5) is 5.69 Å². The summed E-state index contributed by atoms with van der Waals surface area (Å²) < 4.78 is 11.2. The van der Waals surface area contributed by atoms with Crippen LogP contribution >= 0.6 is 0 Å². The molecule has 9 nitrogen and oxygen atoms in total. The van der Waals surface area contributed by atoms with Crippen molar-refractivity contribution < 1.29 is 23.7 Å². The number of nitro groups is 1. The Morgan fingerprint density at radius 1 is 1.14 bits per heavy atom. The van der Waals surface area contributed by atoms with Crippen molar-refractivity contribution in [2.75, 3.05) is 13.2 Å². The second-order valence-electron chi connectivity index (χ2n) is 7.04. The summed E-state index contributed by atoms with van der Waals surface area (Å²) in [5.74, 6) is -0.476. The van der Waals surface area contributed by atoms with Crippen LogP contribution in [0.1, 0.15) is 33.6 Å². The second kappa shape index (κ2) is 6.49. The largest absolute Gasteiger partial charge is 0.436 e. The number of aromatic nitrogens is 1. The van der Waals surface area contributed by atoms with Crippen molar-refractivity contribution in [1.82, 2.24) is 9.88 Å². The molecule has 3 aromatic rings. The molecule has 3 heterocycles. The van der Waals surface area contributed by atoms with Crippen molar-refractivity contribution in [3.8, 4) is 11.5 Å². The van der Waals surface area contributed by atoms with Gasteiger partial charge < -0.3 is 9.15 Å². The van der Waals surface area contributed by atoms with Gasteiger partial charge in [0.2, 0.25) is 5.89 Å². The molecule has 9 heteroatoms. The van der Waals surface area contributed by atoms with Gasteiger partial charge in [0.25, 0.3) is 17.5 Å². The van der Waals surface area contributed by atoms with Crippen molar-refractivity contribution in [3.05, 3.63) is 57.6 Å². The minimum atomic E-state index is -0.510. The molecule has 5 rings (SSSR count). The molecule has 2 aromatic carbocycles. The molecular weight excluding hydrogens is 378 g/mol. The number of ether oxygens (including phenoxy) is 1. The van der Waals surface area contributed by atoms with Crippen LogP contribution in [0.25, 0.3) is 22.6 Å². The fourth-order valence-corrected chi connectivity index (χ4v) is 3.73. The number of non-ortho nitro benzene ring substituents is 1. The van der Waals surface area contributed by atoms with Crippen LogP contribution in [-0.4, -0.2) is 45.9 Å². The zero-order valence-electron chi connectivity index (χ0n) is 15.2. The Labute approximate surface area is 164 Å². The van der Waals surface area contributed by atoms with E-state index in [2.05, 4.69) is 4.98 Å². The van der Waals surface area contributed by atoms with Crippen LogP contribution < -0.4 is 0 Å². The third-order valence-corrected chi connectivity index (χ3v) is 5.21. The summed E-state index contributed by atoms with van der Waals surface area (Å²) in [5, 5.41) is 10.9. The molecular formula is C20H15N3O6. The number of nitrogens with zero attached hydrogens (tertiary/aromatic N) is 3. The number of hydrogen-bond acceptors (Lipinski definition) is 7. The fraction of sp³-hybridized carbons (Fsp3) is 0.250. The standard InChI is InChI=1S/C20H15N3O6/c24-19-14-5-3-11(8-15(14)20(25)22(19)10-13-2-1-7-28-13)18-21-16-6-4-12(23(26)27)9-17(16)29-18/h3-6,8-9,13H,1-2,7,10H2/t13-/m0/s1. The van der Waals surface area contributed by atoms with Gasteiger partial charge >= 0.3 is 0 Å². The smallest absolute Gasteiger partial charge is 0.273 e. The van der Waals surface area contributed by atoms with Gasteiger partial charge in [-0.05, 0) is 37.1 Å². The van der Waals surface area contributed by atoms with E-state index in [0.29, 0.717) is 28.8 Å². The van der Waals surface area contributed by atoms with Gasteiger partial charge in [0.15, 0.2) is 5.58 Å². The maximum Gasteiger partial charge on any atom is 0.273 e. The van der Waals surface area contributed by atoms with E-state index in [1.807, 2.05) is 0 Å². The quantitative estimate of drug-likeness (QED) is 0.380. The molecule has 1 atom stereocenters. The molecule has 0 radical (unpaired) electrons. The zero-order valence-corrected chi connectivity index (χ0v) is 15.2. The average molecular weight is 393 g/mol. The molecule has 1 saturated heterocycles. The van der Waals surface area contributed by atoms with Crippen LogP contribution in [0.2, 0.25) is 0 Å². The number of benzene rings is 2. The molecule has 2 aliphatic rings. The van der Waals surface area contributed by atoms with Crippen LogP contribution in [0.15, 0.2) is 40.8 Å². The highest BCUT2D eigenvalue weighted by Gasteiger charge is 2.37. The number of imide groups is 1. The third-order valence-electron chi connectivity index (χ3n) is 5.21. The van der Waals surface area contributed by atoms with Gasteiger partial charge in [-0.15, -0.1) is 0 Å². The average Bonchev–Trinajstić information content (AvgIpc) is 3.43. The van der Waals surface area contributed by atoms with Crippen molar-refractivity contribution >= 4 is 28.6 Å². The molecule has 1 fully saturated rings. The normalized spacial score (nSPS) is 18.6. The van der Waals surface area contributed by atoms with Crippen molar-refractivity contribution in [2.45, 2.75) is 18.9 Å². The summed E-state index contributed by atoms with van der Waals surface area (Å²) in [6, 6.07) is 8.96. The van der Waals surface area contributed by atoms with Gasteiger partial charge in [-0.3, -0.25) is 24.6 Å². The Kier molecular flexibility index (Phi) is 3.92. The number of carbonyl (C=O) groups is 2. The number of carbonyl (C=O) groups excluding carboxylic acids is 2. The van der Waals surface area contributed by atoms with E-state index in [0.717, 1.165) is 12.8 Å². The lowest BCUT2D eigenvalue weighted by Crippen LogP contribution is -2.36. The number of nitro benzene ring substituents is 1. The second-order valence-corrected chi connectivity index (χ2v) is 7.04. The van der Waals surface area contributed by atoms with E-state index in [1.54, 1.807) is 18.2 Å². The summed E-state index contributed by atoms with van der Waals surface area (Å²) in [7, 11) is 0. The molecule has 2 amide bonds. The summed E-state index contributed by atoms with van der Waals surface area (Å²) >= 11 is 0. The van der Waals surface area contributed by atoms with E-state index in [9.17, 15) is 19.7 Å². The Morgan fingerprint density at radius 3 is 2.72 bits per heavy atom. The topological polar surface area (TPSA) is 116 Å². The predicted octanol–water partition coefficient (Wildman–Crippen LogP) is 3.18. The monoisotopic (exact) mass is 393 g/mol. The van der Waals surface area contributed by atoms with Crippen LogP contribution in [0.5, 0.6) is 0 Å². The van der Waals surface area contributed by atoms with E-state index in [4.69, 9.17) is 9.15 Å². The van der Waals surface area contributed by atoms with E-state index < -0.39 is 4.92 Å². The Morgan fingerprint density at radius 2 is 1.97 bits per heavy atom. The number of oxazole rings is 1. The molecule has 0 bridgehead atoms. The molecule has 0 spiro atoms. The Balaban J connectivity index is 1.48. The Hall–Kier alpha value is -3.59. The molecule has 2 aliphatic heterocycles. The van der Waals surface area contributed by atoms with Crippen molar-refractivity contribution in [2.24, 2.45) is 0 Å². The number of amides is 2. The minimum absolute atomic E-state index is 0.0975. The molecule has 0 N–H and O–H groups in total. The van der Waals surface area contributed by atoms with Gasteiger partial charge in [0, 0.05) is 18.2 Å². The van der Waals surface area contributed by atoms with Gasteiger partial charge in [0.1, 0.15) is 5.52 Å². The Bertz CT molecular complexity index is 1180. The number of rotatable bonds is 4. The molecule has 0 aliphatic carbocycles. The first-order chi connectivity index (χ1) is 14.0. The van der Waals surface area contributed by atoms with Crippen molar-refractivity contribution in [3.63, 3.8) is 0 Å². The summed E-state index contributed by atoms with van der Waals surface area (Å²) in [6.45, 7) is 0.891. The van der Waals surface area contributed by atoms with Crippen LogP contribution in [-0.2, 0) is 4.74 Å². The molecule has 146 valence electrons. The third kappa shape index (κ3) is 2.87. The first-order valence-electron chi connectivity index (χ1n) is 9.18. The number of hydrogen-bond donors (Lipinski definition) is 0. The minimum Gasteiger partial charge on any atom is -0.436 e. The summed E-state index contributed by atoms with van der Waals surface area (Å²) in [5.41, 5.74) is 1.79. The lowest BCUT2D eigenvalue weighted by molar-refractivity contribution is -0.384. The van der Waals surface area contributed by atoms with Gasteiger partial charge in [-0.25, -0.2) is 4.98 Å². The molecule has 29 heavy (non-hydrogen) atoms. The summed E-state index contributed by atoms with van der Waals surface area (Å²) in [6.07, 6.45) is 1.63. The fourth-order valence-electron chi connectivity index (χ4n) is 3.73. The molecule has 1 aromatic heterocycles. The highest BCUT2D eigenvalue weighted by Crippen LogP contribution is 2.31. The molecule has 0 unspecified atom stereocenters. The lowest BCUT2D eigenvalue weighted by atomic mass is 10.1. The number of fused-ring (bicyclic) bond motifs is 2. The van der Waals surface area contributed by atoms with Gasteiger partial charge in [-0.2, -0.15) is 0 Å². The van der Waals surface area contributed by atoms with Crippen LogP contribution in [0, 0.1) is 10.1 Å². The first-order valence-corrected chi connectivity index (χ1v) is 9.18. The van der Waals surface area contributed by atoms with Crippen molar-refractivity contribution in [1.29, 1.82) is 0 Å². The highest BCUT2D eigenvalue weighted by molar-refractivity contribution is 6.21.